The minimum absolute atomic E-state index is 0.0158. The number of alkyl halides is 1. The molecule has 2 amide bonds. The van der Waals surface area contributed by atoms with Crippen molar-refractivity contribution < 1.29 is 28.7 Å². The number of fused-ring (bicyclic) bond motifs is 1. The Morgan fingerprint density at radius 1 is 1.40 bits per heavy atom. The molecule has 0 aliphatic carbocycles. The van der Waals surface area contributed by atoms with Crippen LogP contribution in [-0.4, -0.2) is 91.7 Å². The second kappa shape index (κ2) is 14.5. The van der Waals surface area contributed by atoms with Gasteiger partial charge in [-0.05, 0) is 13.0 Å². The number of hydrogen-bond acceptors (Lipinski definition) is 13. The smallest absolute Gasteiger partial charge is 0.353 e. The zero-order chi connectivity index (χ0) is 31.3. The number of guanidine groups is 1. The average Bonchev–Trinajstić information content (AvgIpc) is 3.29. The number of carboxylic acid groups (broad SMARTS) is 1. The third-order valence-corrected chi connectivity index (χ3v) is 10.7. The van der Waals surface area contributed by atoms with Crippen molar-refractivity contribution in [2.75, 3.05) is 30.5 Å². The number of hydrogen-bond donors (Lipinski definition) is 5. The van der Waals surface area contributed by atoms with Gasteiger partial charge in [-0.2, -0.15) is 0 Å². The number of anilines is 1. The summed E-state index contributed by atoms with van der Waals surface area (Å²) in [5, 5.41) is 15.6. The molecule has 8 N–H and O–H groups in total. The second-order valence-electron chi connectivity index (χ2n) is 8.71. The molecule has 0 saturated carbocycles. The minimum atomic E-state index is -1.29. The number of aliphatic carboxylic acids is 1. The number of pyridine rings is 1. The quantitative estimate of drug-likeness (QED) is 0.0505. The molecule has 1 unspecified atom stereocenters. The van der Waals surface area contributed by atoms with Crippen LogP contribution in [0.2, 0.25) is 4.34 Å². The van der Waals surface area contributed by atoms with Crippen molar-refractivity contribution in [2.24, 2.45) is 21.6 Å². The van der Waals surface area contributed by atoms with Gasteiger partial charge in [-0.15, -0.1) is 23.5 Å². The van der Waals surface area contributed by atoms with Crippen molar-refractivity contribution in [1.82, 2.24) is 20.2 Å². The summed E-state index contributed by atoms with van der Waals surface area (Å²) in [5.41, 5.74) is 15.9. The van der Waals surface area contributed by atoms with E-state index in [9.17, 15) is 23.9 Å². The van der Waals surface area contributed by atoms with Crippen molar-refractivity contribution >= 4 is 92.8 Å². The summed E-state index contributed by atoms with van der Waals surface area (Å²) >= 11 is 11.0. The highest BCUT2D eigenvalue weighted by atomic mass is 35.5. The molecule has 1 fully saturated rings. The van der Waals surface area contributed by atoms with Gasteiger partial charge in [0.1, 0.15) is 40.4 Å². The van der Waals surface area contributed by atoms with E-state index in [-0.39, 0.29) is 38.6 Å². The number of aromatic nitrogens is 2. The van der Waals surface area contributed by atoms with Gasteiger partial charge in [0.2, 0.25) is 0 Å². The van der Waals surface area contributed by atoms with Crippen molar-refractivity contribution in [3.05, 3.63) is 39.1 Å². The Hall–Kier alpha value is -3.26. The molecular formula is C23H25ClFN9O5S4. The first-order valence-electron chi connectivity index (χ1n) is 12.2. The van der Waals surface area contributed by atoms with Gasteiger partial charge < -0.3 is 32.5 Å². The fraction of sp³-hybridized carbons (Fsp3) is 0.348. The first kappa shape index (κ1) is 32.6. The van der Waals surface area contributed by atoms with Gasteiger partial charge in [-0.1, -0.05) is 39.9 Å². The number of carbonyl (C=O) groups excluding carboxylic acids is 2. The number of β-lactam (4-membered cyclic amide) rings is 1. The Morgan fingerprint density at radius 2 is 2.16 bits per heavy atom. The van der Waals surface area contributed by atoms with E-state index in [0.717, 1.165) is 26.0 Å². The van der Waals surface area contributed by atoms with Crippen LogP contribution in [0.4, 0.5) is 9.52 Å². The van der Waals surface area contributed by atoms with E-state index in [2.05, 4.69) is 25.4 Å². The number of amides is 2. The third kappa shape index (κ3) is 7.64. The fourth-order valence-corrected chi connectivity index (χ4v) is 8.41. The molecule has 2 aromatic heterocycles. The van der Waals surface area contributed by atoms with Crippen LogP contribution in [0, 0.1) is 0 Å². The lowest BCUT2D eigenvalue weighted by Crippen LogP contribution is -2.71. The molecule has 1 saturated heterocycles. The number of rotatable bonds is 13. The first-order valence-corrected chi connectivity index (χ1v) is 16.3. The maximum atomic E-state index is 13.2. The zero-order valence-electron chi connectivity index (χ0n) is 22.2. The predicted octanol–water partition coefficient (Wildman–Crippen LogP) is 1.71. The van der Waals surface area contributed by atoms with Gasteiger partial charge in [0, 0.05) is 38.6 Å². The summed E-state index contributed by atoms with van der Waals surface area (Å²) in [6, 6.07) is 0.511. The largest absolute Gasteiger partial charge is 0.477 e. The number of nitrogens with zero attached hydrogens (tertiary/aromatic N) is 5. The molecule has 2 aliphatic heterocycles. The summed E-state index contributed by atoms with van der Waals surface area (Å²) in [6.45, 7) is 0.570. The van der Waals surface area contributed by atoms with Crippen molar-refractivity contribution in [3.63, 3.8) is 0 Å². The van der Waals surface area contributed by atoms with Crippen LogP contribution in [0.25, 0.3) is 0 Å². The summed E-state index contributed by atoms with van der Waals surface area (Å²) < 4.78 is 12.6. The third-order valence-electron chi connectivity index (χ3n) is 5.62. The summed E-state index contributed by atoms with van der Waals surface area (Å²) in [4.78, 5) is 59.0. The Bertz CT molecular complexity index is 1500. The fourth-order valence-electron chi connectivity index (χ4n) is 3.87. The monoisotopic (exact) mass is 689 g/mol. The number of nitrogen functional groups attached to an aromatic ring is 1. The van der Waals surface area contributed by atoms with Crippen molar-refractivity contribution in [3.8, 4) is 0 Å². The van der Waals surface area contributed by atoms with Crippen LogP contribution < -0.4 is 22.5 Å². The topological polar surface area (TPSA) is 224 Å². The number of nitrogens with one attached hydrogen (secondary N) is 1. The average molecular weight is 690 g/mol. The van der Waals surface area contributed by atoms with Crippen LogP contribution >= 0.6 is 58.2 Å². The lowest BCUT2D eigenvalue weighted by Gasteiger charge is -2.49. The molecule has 0 bridgehead atoms. The first-order chi connectivity index (χ1) is 20.5. The maximum absolute atomic E-state index is 13.2. The molecule has 230 valence electrons. The number of halogens is 2. The normalized spacial score (nSPS) is 18.9. The standard InChI is InChI=1S/C23H25ClFN9O5S4/c1-9(30-22(26)27)7-40-11-6-29-4-2-10(11)42-12-8-41-20-15(19(36)34(20)16(12)21(37)38)31-18(35)14(33-39-5-3-25)13-17(24)43-23(28)32-13/h2,4,6,9,15,20H,3,5,7-8H2,1H3,(H2,28,32)(H,31,35)(H,37,38)(H4,26,27,30)/b33-14-/t9?,15-,20-/m1/s1. The molecule has 4 rings (SSSR count). The number of thiazole rings is 1. The molecule has 20 heteroatoms. The molecule has 0 radical (unpaired) electrons. The molecule has 3 atom stereocenters. The summed E-state index contributed by atoms with van der Waals surface area (Å²) in [6.07, 6.45) is 3.25. The minimum Gasteiger partial charge on any atom is -0.477 e. The van der Waals surface area contributed by atoms with Crippen molar-refractivity contribution in [2.45, 2.75) is 34.2 Å². The van der Waals surface area contributed by atoms with Crippen LogP contribution in [-0.2, 0) is 19.2 Å². The van der Waals surface area contributed by atoms with E-state index in [4.69, 9.17) is 33.6 Å². The highest BCUT2D eigenvalue weighted by Crippen LogP contribution is 2.46. The maximum Gasteiger partial charge on any atom is 0.353 e. The van der Waals surface area contributed by atoms with Crippen LogP contribution in [0.15, 0.2) is 49.0 Å². The van der Waals surface area contributed by atoms with Gasteiger partial charge >= 0.3 is 5.97 Å². The van der Waals surface area contributed by atoms with Crippen LogP contribution in [0.3, 0.4) is 0 Å². The molecule has 0 spiro atoms. The summed E-state index contributed by atoms with van der Waals surface area (Å²) in [7, 11) is 0. The molecule has 4 heterocycles. The number of oxime groups is 1. The lowest BCUT2D eigenvalue weighted by molar-refractivity contribution is -0.150. The van der Waals surface area contributed by atoms with Gasteiger partial charge in [0.25, 0.3) is 11.8 Å². The Kier molecular flexibility index (Phi) is 11.0. The summed E-state index contributed by atoms with van der Waals surface area (Å²) in [5.74, 6) is -2.02. The highest BCUT2D eigenvalue weighted by Gasteiger charge is 2.54. The number of carbonyl (C=O) groups is 3. The van der Waals surface area contributed by atoms with E-state index in [1.807, 2.05) is 6.92 Å². The van der Waals surface area contributed by atoms with Gasteiger partial charge in [-0.3, -0.25) is 19.5 Å². The van der Waals surface area contributed by atoms with Crippen molar-refractivity contribution in [1.29, 1.82) is 0 Å². The molecule has 2 aliphatic rings. The molecule has 2 aromatic rings. The van der Waals surface area contributed by atoms with E-state index in [1.165, 1.54) is 35.3 Å². The van der Waals surface area contributed by atoms with E-state index in [1.54, 1.807) is 18.5 Å². The van der Waals surface area contributed by atoms with E-state index >= 15 is 0 Å². The predicted molar refractivity (Wildman–Crippen MR) is 166 cm³/mol. The zero-order valence-corrected chi connectivity index (χ0v) is 26.3. The number of carboxylic acids is 1. The van der Waals surface area contributed by atoms with Crippen LogP contribution in [0.5, 0.6) is 0 Å². The lowest BCUT2D eigenvalue weighted by atomic mass is 10.0. The Balaban J connectivity index is 1.52. The van der Waals surface area contributed by atoms with Crippen LogP contribution in [0.1, 0.15) is 12.6 Å². The number of aliphatic imine (C=N–C) groups is 1. The molecule has 14 nitrogen and oxygen atoms in total. The Labute approximate surface area is 266 Å². The highest BCUT2D eigenvalue weighted by molar-refractivity contribution is 8.07. The van der Waals surface area contributed by atoms with Gasteiger partial charge in [0.15, 0.2) is 16.8 Å². The van der Waals surface area contributed by atoms with Gasteiger partial charge in [-0.25, -0.2) is 19.2 Å². The van der Waals surface area contributed by atoms with E-state index < -0.39 is 48.2 Å². The number of thioether (sulfide) groups is 3. The SMILES string of the molecule is CC(CSc1cnccc1SC1=C(C(=O)O)N2C(=O)[C@@H](NC(=O)/C(=N\OCCF)c3nc(N)sc3Cl)[C@H]2SC1)N=C(N)N. The Morgan fingerprint density at radius 3 is 2.81 bits per heavy atom. The second-order valence-corrected chi connectivity index (χ2v) is 13.6. The van der Waals surface area contributed by atoms with E-state index in [0.29, 0.717) is 10.7 Å². The number of nitrogens with two attached hydrogens (primary N) is 3. The molecule has 43 heavy (non-hydrogen) atoms. The van der Waals surface area contributed by atoms with Gasteiger partial charge in [0.05, 0.1) is 6.04 Å². The molecule has 0 aromatic carbocycles. The molecular weight excluding hydrogens is 665 g/mol.